The van der Waals surface area contributed by atoms with E-state index in [2.05, 4.69) is 5.32 Å². The molecule has 1 heterocycles. The minimum absolute atomic E-state index is 0.222. The quantitative estimate of drug-likeness (QED) is 0.619. The molecule has 1 saturated heterocycles. The van der Waals surface area contributed by atoms with E-state index in [4.69, 9.17) is 10.8 Å². The van der Waals surface area contributed by atoms with Crippen LogP contribution in [0.1, 0.15) is 32.6 Å². The highest BCUT2D eigenvalue weighted by molar-refractivity contribution is 5.72. The van der Waals surface area contributed by atoms with E-state index in [1.165, 1.54) is 0 Å². The van der Waals surface area contributed by atoms with Crippen LogP contribution in [0.2, 0.25) is 0 Å². The van der Waals surface area contributed by atoms with Gasteiger partial charge in [0.25, 0.3) is 0 Å². The Bertz CT molecular complexity index is 228. The lowest BCUT2D eigenvalue weighted by Gasteiger charge is -2.09. The van der Waals surface area contributed by atoms with Crippen molar-refractivity contribution in [2.45, 2.75) is 32.6 Å². The third-order valence-electron chi connectivity index (χ3n) is 2.36. The Morgan fingerprint density at radius 3 is 2.24 bits per heavy atom. The number of carboxylic acid groups (broad SMARTS) is 1. The first-order chi connectivity index (χ1) is 8.07. The van der Waals surface area contributed by atoms with Crippen LogP contribution in [0.4, 0.5) is 4.79 Å². The zero-order valence-electron chi connectivity index (χ0n) is 10.4. The Labute approximate surface area is 102 Å². The largest absolute Gasteiger partial charge is 0.481 e. The maximum absolute atomic E-state index is 10.3. The van der Waals surface area contributed by atoms with Crippen molar-refractivity contribution >= 4 is 12.0 Å². The van der Waals surface area contributed by atoms with Gasteiger partial charge in [-0.3, -0.25) is 4.79 Å². The number of nitrogens with two attached hydrogens (primary N) is 1. The van der Waals surface area contributed by atoms with Crippen molar-refractivity contribution in [2.24, 2.45) is 5.73 Å². The number of aliphatic carboxylic acids is 1. The third kappa shape index (κ3) is 9.62. The van der Waals surface area contributed by atoms with Gasteiger partial charge in [0.2, 0.25) is 0 Å². The molecular weight excluding hydrogens is 222 g/mol. The van der Waals surface area contributed by atoms with Crippen molar-refractivity contribution in [3.8, 4) is 0 Å². The molecule has 0 radical (unpaired) electrons. The zero-order chi connectivity index (χ0) is 13.1. The number of nitrogens with zero attached hydrogens (tertiary/aromatic N) is 1. The molecule has 0 unspecified atom stereocenters. The maximum atomic E-state index is 10.3. The average Bonchev–Trinajstić information content (AvgIpc) is 2.78. The number of hydrogen-bond donors (Lipinski definition) is 3. The lowest BCUT2D eigenvalue weighted by Crippen LogP contribution is -2.32. The number of nitrogens with one attached hydrogen (secondary N) is 1. The summed E-state index contributed by atoms with van der Waals surface area (Å²) in [5.74, 6) is -0.737. The molecule has 1 rings (SSSR count). The highest BCUT2D eigenvalue weighted by Gasteiger charge is 2.13. The summed E-state index contributed by atoms with van der Waals surface area (Å²) in [6.45, 7) is 5.26. The molecule has 6 nitrogen and oxygen atoms in total. The van der Waals surface area contributed by atoms with Crippen LogP contribution in [0.15, 0.2) is 0 Å². The van der Waals surface area contributed by atoms with Gasteiger partial charge in [-0.1, -0.05) is 6.92 Å². The third-order valence-corrected chi connectivity index (χ3v) is 2.36. The molecule has 2 amide bonds. The van der Waals surface area contributed by atoms with Crippen LogP contribution in [0.5, 0.6) is 0 Å². The summed E-state index contributed by atoms with van der Waals surface area (Å²) in [5, 5.41) is 11.2. The van der Waals surface area contributed by atoms with Crippen LogP contribution in [0.25, 0.3) is 0 Å². The lowest BCUT2D eigenvalue weighted by molar-refractivity contribution is -0.136. The van der Waals surface area contributed by atoms with E-state index in [1.54, 1.807) is 4.90 Å². The highest BCUT2D eigenvalue weighted by Crippen LogP contribution is 2.05. The van der Waals surface area contributed by atoms with Crippen LogP contribution >= 0.6 is 0 Å². The SMILES string of the molecule is CCCNCCC(=O)O.NC(=O)N1CCCC1. The van der Waals surface area contributed by atoms with Gasteiger partial charge >= 0.3 is 12.0 Å². The summed E-state index contributed by atoms with van der Waals surface area (Å²) in [6.07, 6.45) is 3.51. The molecule has 0 spiro atoms. The molecule has 0 aromatic carbocycles. The number of hydrogen-bond acceptors (Lipinski definition) is 3. The highest BCUT2D eigenvalue weighted by atomic mass is 16.4. The summed E-state index contributed by atoms with van der Waals surface area (Å²) in [6, 6.07) is -0.275. The van der Waals surface area contributed by atoms with Crippen molar-refractivity contribution in [3.05, 3.63) is 0 Å². The van der Waals surface area contributed by atoms with E-state index in [-0.39, 0.29) is 12.5 Å². The van der Waals surface area contributed by atoms with Gasteiger partial charge in [-0.15, -0.1) is 0 Å². The van der Waals surface area contributed by atoms with Crippen molar-refractivity contribution in [1.29, 1.82) is 0 Å². The molecule has 0 aromatic rings. The monoisotopic (exact) mass is 245 g/mol. The fourth-order valence-corrected chi connectivity index (χ4v) is 1.43. The summed E-state index contributed by atoms with van der Waals surface area (Å²) in [4.78, 5) is 21.9. The van der Waals surface area contributed by atoms with E-state index in [9.17, 15) is 9.59 Å². The van der Waals surface area contributed by atoms with Crippen LogP contribution in [-0.2, 0) is 4.79 Å². The molecular formula is C11H23N3O3. The molecule has 17 heavy (non-hydrogen) atoms. The number of carbonyl (C=O) groups is 2. The minimum Gasteiger partial charge on any atom is -0.481 e. The number of urea groups is 1. The standard InChI is InChI=1S/C6H13NO2.C5H10N2O/c1-2-4-7-5-3-6(8)9;6-5(8)7-3-1-2-4-7/h7H,2-5H2,1H3,(H,8,9);1-4H2,(H2,6,8). The molecule has 1 aliphatic heterocycles. The average molecular weight is 245 g/mol. The first-order valence-corrected chi connectivity index (χ1v) is 6.04. The Morgan fingerprint density at radius 1 is 1.29 bits per heavy atom. The van der Waals surface area contributed by atoms with Gasteiger partial charge < -0.3 is 21.1 Å². The van der Waals surface area contributed by atoms with Crippen LogP contribution in [0.3, 0.4) is 0 Å². The molecule has 0 bridgehead atoms. The Kier molecular flexibility index (Phi) is 9.14. The zero-order valence-corrected chi connectivity index (χ0v) is 10.4. The number of rotatable bonds is 5. The molecule has 0 atom stereocenters. The predicted octanol–water partition coefficient (Wildman–Crippen LogP) is 0.622. The molecule has 6 heteroatoms. The predicted molar refractivity (Wildman–Crippen MR) is 65.8 cm³/mol. The molecule has 1 aliphatic rings. The van der Waals surface area contributed by atoms with Gasteiger partial charge in [0.05, 0.1) is 6.42 Å². The second-order valence-corrected chi connectivity index (χ2v) is 3.93. The number of amides is 2. The van der Waals surface area contributed by atoms with Gasteiger partial charge in [-0.25, -0.2) is 4.79 Å². The van der Waals surface area contributed by atoms with Crippen molar-refractivity contribution in [1.82, 2.24) is 10.2 Å². The Balaban J connectivity index is 0.000000302. The maximum Gasteiger partial charge on any atom is 0.314 e. The van der Waals surface area contributed by atoms with Crippen molar-refractivity contribution in [2.75, 3.05) is 26.2 Å². The van der Waals surface area contributed by atoms with E-state index < -0.39 is 5.97 Å². The summed E-state index contributed by atoms with van der Waals surface area (Å²) in [5.41, 5.74) is 4.98. The minimum atomic E-state index is -0.737. The van der Waals surface area contributed by atoms with E-state index in [1.807, 2.05) is 6.92 Å². The molecule has 1 fully saturated rings. The summed E-state index contributed by atoms with van der Waals surface area (Å²) < 4.78 is 0. The molecule has 4 N–H and O–H groups in total. The van der Waals surface area contributed by atoms with E-state index >= 15 is 0 Å². The van der Waals surface area contributed by atoms with Crippen LogP contribution in [0, 0.1) is 0 Å². The number of likely N-dealkylation sites (tertiary alicyclic amines) is 1. The summed E-state index contributed by atoms with van der Waals surface area (Å²) in [7, 11) is 0. The lowest BCUT2D eigenvalue weighted by atomic mass is 10.4. The van der Waals surface area contributed by atoms with Crippen molar-refractivity contribution in [3.63, 3.8) is 0 Å². The molecule has 0 aromatic heterocycles. The Hall–Kier alpha value is -1.30. The second-order valence-electron chi connectivity index (χ2n) is 3.93. The van der Waals surface area contributed by atoms with Crippen LogP contribution < -0.4 is 11.1 Å². The van der Waals surface area contributed by atoms with Crippen LogP contribution in [-0.4, -0.2) is 48.2 Å². The van der Waals surface area contributed by atoms with Gasteiger partial charge in [0, 0.05) is 19.6 Å². The fraction of sp³-hybridized carbons (Fsp3) is 0.818. The second kappa shape index (κ2) is 9.89. The molecule has 0 aliphatic carbocycles. The van der Waals surface area contributed by atoms with Gasteiger partial charge in [-0.05, 0) is 25.8 Å². The van der Waals surface area contributed by atoms with Crippen molar-refractivity contribution < 1.29 is 14.7 Å². The molecule has 100 valence electrons. The van der Waals surface area contributed by atoms with E-state index in [0.717, 1.165) is 38.9 Å². The van der Waals surface area contributed by atoms with Gasteiger partial charge in [0.15, 0.2) is 0 Å². The number of carboxylic acids is 1. The number of carbonyl (C=O) groups excluding carboxylic acids is 1. The summed E-state index contributed by atoms with van der Waals surface area (Å²) >= 11 is 0. The topological polar surface area (TPSA) is 95.7 Å². The molecule has 0 saturated carbocycles. The van der Waals surface area contributed by atoms with Gasteiger partial charge in [0.1, 0.15) is 0 Å². The smallest absolute Gasteiger partial charge is 0.314 e. The van der Waals surface area contributed by atoms with E-state index in [0.29, 0.717) is 6.54 Å². The Morgan fingerprint density at radius 2 is 1.88 bits per heavy atom. The normalized spacial score (nSPS) is 14.1. The first-order valence-electron chi connectivity index (χ1n) is 6.04. The van der Waals surface area contributed by atoms with Gasteiger partial charge in [-0.2, -0.15) is 0 Å². The first kappa shape index (κ1) is 15.7. The fourth-order valence-electron chi connectivity index (χ4n) is 1.43. The number of primary amides is 1.